The molecule has 3 aliphatic heterocycles. The maximum Gasteiger partial charge on any atom is 0.252 e. The molecule has 6 heteroatoms. The van der Waals surface area contributed by atoms with Crippen LogP contribution in [0.15, 0.2) is 413 Å². The van der Waals surface area contributed by atoms with Crippen LogP contribution < -0.4 is 31.1 Å². The maximum absolute atomic E-state index is 2.95. The molecule has 131 heavy (non-hydrogen) atoms. The summed E-state index contributed by atoms with van der Waals surface area (Å²) < 4.78 is 5.24. The van der Waals surface area contributed by atoms with Crippen LogP contribution in [-0.4, -0.2) is 27.9 Å². The Bertz CT molecular complexity index is 7690. The number of rotatable bonds is 14. The summed E-state index contributed by atoms with van der Waals surface area (Å²) in [6.07, 6.45) is 6.36. The third-order valence-electron chi connectivity index (χ3n) is 29.7. The number of benzene rings is 18. The Balaban J connectivity index is 0.848. The lowest BCUT2D eigenvalue weighted by Crippen LogP contribution is -2.61. The van der Waals surface area contributed by atoms with Crippen LogP contribution in [-0.2, 0) is 10.8 Å². The van der Waals surface area contributed by atoms with Crippen molar-refractivity contribution in [1.29, 1.82) is 0 Å². The molecule has 3 fully saturated rings. The SMILES string of the molecule is CC(C)(C)c1ccc2c(c1)c1cc(C(C)(C)C)ccc1n2-c1cc2c3c(c1)N(c1c(-c4ccccc4)cc(-c4ccccc4)cc1-c1ccccc1)c1cc(-n4c5ccc(-c6ccccc6)cc5c5cc(-c6ccc(-c7ccccc7)cc6)ccc54)ccc1B3c1ccc(N3C4CC5CCC3C(C5)C4)cc1N2c1c(-c2ccccc2)cc(-c2ccccc2)cc1-c1ccccc1. The number of fused-ring (bicyclic) bond motifs is 12. The minimum atomic E-state index is -0.305. The van der Waals surface area contributed by atoms with Gasteiger partial charge in [0.1, 0.15) is 0 Å². The van der Waals surface area contributed by atoms with Crippen LogP contribution in [0.5, 0.6) is 0 Å². The van der Waals surface area contributed by atoms with Gasteiger partial charge < -0.3 is 23.8 Å². The number of hydrogen-bond donors (Lipinski definition) is 0. The van der Waals surface area contributed by atoms with E-state index in [9.17, 15) is 0 Å². The molecule has 628 valence electrons. The summed E-state index contributed by atoms with van der Waals surface area (Å²) in [7, 11) is 0. The zero-order valence-corrected chi connectivity index (χ0v) is 74.9. The fraction of sp³-hybridized carbons (Fsp3) is 0.136. The molecule has 4 atom stereocenters. The first-order chi connectivity index (χ1) is 64.2. The van der Waals surface area contributed by atoms with E-state index in [1.807, 2.05) is 0 Å². The molecular weight excluding hydrogens is 1580 g/mol. The van der Waals surface area contributed by atoms with E-state index in [4.69, 9.17) is 0 Å². The summed E-state index contributed by atoms with van der Waals surface area (Å²) in [6, 6.07) is 159. The number of aromatic nitrogens is 2. The van der Waals surface area contributed by atoms with Crippen molar-refractivity contribution in [2.24, 2.45) is 11.8 Å². The van der Waals surface area contributed by atoms with Gasteiger partial charge in [-0.3, -0.25) is 0 Å². The van der Waals surface area contributed by atoms with Gasteiger partial charge in [0.25, 0.3) is 6.71 Å². The lowest BCUT2D eigenvalue weighted by Gasteiger charge is -2.46. The van der Waals surface area contributed by atoms with Crippen LogP contribution in [0.1, 0.15) is 84.8 Å². The highest BCUT2D eigenvalue weighted by Gasteiger charge is 2.51. The minimum absolute atomic E-state index is 0.128. The van der Waals surface area contributed by atoms with Gasteiger partial charge in [-0.05, 0) is 269 Å². The second kappa shape index (κ2) is 30.9. The Morgan fingerprint density at radius 2 is 0.573 bits per heavy atom. The zero-order valence-electron chi connectivity index (χ0n) is 74.9. The first kappa shape index (κ1) is 78.3. The first-order valence-corrected chi connectivity index (χ1v) is 47.1. The van der Waals surface area contributed by atoms with E-state index in [1.54, 1.807) is 0 Å². The van der Waals surface area contributed by atoms with Gasteiger partial charge in [0.05, 0.1) is 39.1 Å². The molecule has 3 bridgehead atoms. The Labute approximate surface area is 768 Å². The molecule has 4 unspecified atom stereocenters. The molecule has 20 aromatic rings. The van der Waals surface area contributed by atoms with E-state index < -0.39 is 0 Å². The number of nitrogens with zero attached hydrogens (tertiary/aromatic N) is 5. The van der Waals surface area contributed by atoms with Gasteiger partial charge in [0.2, 0.25) is 0 Å². The molecular formula is C125H100BN5. The number of anilines is 7. The molecule has 5 nitrogen and oxygen atoms in total. The van der Waals surface area contributed by atoms with E-state index in [1.165, 1.54) is 131 Å². The molecule has 2 aliphatic carbocycles. The molecule has 0 spiro atoms. The Kier molecular flexibility index (Phi) is 18.5. The standard InChI is InChI=1S/C125H100BN5/c1-124(2,3)96-54-63-115-108(74-96)109-75-97(125(4,5)6)55-64-116(109)129(115)101-78-119-121-120(79-101)131(123-104(89-43-27-13-28-44-89)72-94(84-37-21-10-22-38-84)73-105(123)90-45-29-14-30-46-90)118-77-99(128-113-61-52-91(82-33-17-8-18-34-82)68-106(113)107-69-92(53-62-114(107)128)86-50-48-85(49-51-86)81-31-15-7-16-32-81)57-59-111(118)126(121)110-58-56-98(127-100-66-80-47-60-112(127)95(65-80)67-100)76-117(110)130(119)122-102(87-39-23-11-24-40-87)70-93(83-35-19-9-20-36-83)71-103(122)88-41-25-12-26-42-88/h7-46,48-59,61-64,68-80,95,100,112H,47,60,65-67H2,1-6H3. The largest absolute Gasteiger partial charge is 0.365 e. The van der Waals surface area contributed by atoms with Gasteiger partial charge in [0.15, 0.2) is 0 Å². The van der Waals surface area contributed by atoms with Crippen molar-refractivity contribution in [3.05, 3.63) is 424 Å². The van der Waals surface area contributed by atoms with Gasteiger partial charge in [0, 0.05) is 90.0 Å². The summed E-state index contributed by atoms with van der Waals surface area (Å²) in [4.78, 5) is 8.56. The van der Waals surface area contributed by atoms with E-state index in [2.05, 4.69) is 478 Å². The topological polar surface area (TPSA) is 19.6 Å². The summed E-state index contributed by atoms with van der Waals surface area (Å²) in [6.45, 7) is 13.9. The Morgan fingerprint density at radius 1 is 0.252 bits per heavy atom. The van der Waals surface area contributed by atoms with Crippen molar-refractivity contribution in [2.45, 2.75) is 96.6 Å². The second-order valence-electron chi connectivity index (χ2n) is 39.5. The quantitative estimate of drug-likeness (QED) is 0.101. The summed E-state index contributed by atoms with van der Waals surface area (Å²) in [5.74, 6) is 1.45. The molecule has 2 saturated carbocycles. The predicted octanol–water partition coefficient (Wildman–Crippen LogP) is 31.3. The van der Waals surface area contributed by atoms with Crippen LogP contribution in [0.25, 0.3) is 155 Å². The lowest BCUT2D eigenvalue weighted by atomic mass is 9.33. The molecule has 0 N–H and O–H groups in total. The summed E-state index contributed by atoms with van der Waals surface area (Å²) >= 11 is 0. The normalized spacial score (nSPS) is 16.1. The molecule has 5 aliphatic rings. The van der Waals surface area contributed by atoms with Crippen molar-refractivity contribution < 1.29 is 0 Å². The van der Waals surface area contributed by atoms with Crippen molar-refractivity contribution in [2.75, 3.05) is 14.7 Å². The fourth-order valence-corrected chi connectivity index (χ4v) is 23.5. The first-order valence-electron chi connectivity index (χ1n) is 47.1. The van der Waals surface area contributed by atoms with E-state index in [-0.39, 0.29) is 17.5 Å². The van der Waals surface area contributed by atoms with E-state index >= 15 is 0 Å². The van der Waals surface area contributed by atoms with Crippen molar-refractivity contribution in [3.63, 3.8) is 0 Å². The average Bonchev–Trinajstić information content (AvgIpc) is 1.20. The Morgan fingerprint density at radius 3 is 0.977 bits per heavy atom. The van der Waals surface area contributed by atoms with Crippen LogP contribution in [0, 0.1) is 11.8 Å². The van der Waals surface area contributed by atoms with Crippen LogP contribution >= 0.6 is 0 Å². The highest BCUT2D eigenvalue weighted by atomic mass is 15.2. The minimum Gasteiger partial charge on any atom is -0.365 e. The number of hydrogen-bond acceptors (Lipinski definition) is 3. The van der Waals surface area contributed by atoms with Crippen LogP contribution in [0.4, 0.5) is 39.8 Å². The third kappa shape index (κ3) is 13.2. The highest BCUT2D eigenvalue weighted by molar-refractivity contribution is 7.00. The molecule has 1 saturated heterocycles. The average molecular weight is 1680 g/mol. The lowest BCUT2D eigenvalue weighted by molar-refractivity contribution is 0.222. The smallest absolute Gasteiger partial charge is 0.252 e. The molecule has 25 rings (SSSR count). The van der Waals surface area contributed by atoms with Gasteiger partial charge in [-0.2, -0.15) is 0 Å². The molecule has 0 amide bonds. The van der Waals surface area contributed by atoms with Crippen molar-refractivity contribution in [1.82, 2.24) is 9.13 Å². The van der Waals surface area contributed by atoms with Crippen LogP contribution in [0.2, 0.25) is 0 Å². The summed E-state index contributed by atoms with van der Waals surface area (Å²) in [5, 5.41) is 4.86. The third-order valence-corrected chi connectivity index (χ3v) is 29.7. The van der Waals surface area contributed by atoms with Crippen molar-refractivity contribution in [3.8, 4) is 112 Å². The van der Waals surface area contributed by atoms with Gasteiger partial charge in [-0.25, -0.2) is 0 Å². The van der Waals surface area contributed by atoms with Gasteiger partial charge in [-0.15, -0.1) is 0 Å². The summed E-state index contributed by atoms with van der Waals surface area (Å²) in [5.41, 5.74) is 41.7. The zero-order chi connectivity index (χ0) is 87.5. The predicted molar refractivity (Wildman–Crippen MR) is 556 cm³/mol. The molecule has 2 aromatic heterocycles. The van der Waals surface area contributed by atoms with Gasteiger partial charge in [-0.1, -0.05) is 345 Å². The highest BCUT2D eigenvalue weighted by Crippen LogP contribution is 2.58. The Hall–Kier alpha value is -15.0. The second-order valence-corrected chi connectivity index (χ2v) is 39.5. The van der Waals surface area contributed by atoms with E-state index in [0.29, 0.717) is 18.0 Å². The monoisotopic (exact) mass is 1680 g/mol. The maximum atomic E-state index is 2.95. The molecule has 0 radical (unpaired) electrons. The van der Waals surface area contributed by atoms with E-state index in [0.717, 1.165) is 129 Å². The van der Waals surface area contributed by atoms with Crippen molar-refractivity contribution >= 4 is 107 Å². The molecule has 5 heterocycles. The van der Waals surface area contributed by atoms with Gasteiger partial charge >= 0.3 is 0 Å². The molecule has 18 aromatic carbocycles. The van der Waals surface area contributed by atoms with Crippen LogP contribution in [0.3, 0.4) is 0 Å². The fourth-order valence-electron chi connectivity index (χ4n) is 23.5.